The molecule has 2 heterocycles. The quantitative estimate of drug-likeness (QED) is 0.887. The number of piperidine rings is 1. The zero-order chi connectivity index (χ0) is 17.1. The number of amides is 1. The lowest BCUT2D eigenvalue weighted by Crippen LogP contribution is -2.48. The first-order chi connectivity index (χ1) is 11.6. The Morgan fingerprint density at radius 3 is 2.96 bits per heavy atom. The second-order valence-corrected chi connectivity index (χ2v) is 7.04. The predicted octanol–water partition coefficient (Wildman–Crippen LogP) is 2.90. The molecule has 2 unspecified atom stereocenters. The molecule has 1 aromatic heterocycles. The van der Waals surface area contributed by atoms with Crippen LogP contribution in [-0.4, -0.2) is 39.7 Å². The van der Waals surface area contributed by atoms with Gasteiger partial charge in [0.05, 0.1) is 18.1 Å². The number of halogens is 1. The molecular weight excluding hydrogens is 336 g/mol. The number of rotatable bonds is 5. The molecule has 138 valence electrons. The third-order valence-electron chi connectivity index (χ3n) is 5.31. The molecule has 3 rings (SSSR count). The zero-order valence-corrected chi connectivity index (χ0v) is 16.0. The number of nitrogens with zero attached hydrogens (tertiary/aromatic N) is 3. The molecule has 5 nitrogen and oxygen atoms in total. The van der Waals surface area contributed by atoms with Gasteiger partial charge in [0.2, 0.25) is 5.91 Å². The van der Waals surface area contributed by atoms with Crippen molar-refractivity contribution in [3.63, 3.8) is 0 Å². The van der Waals surface area contributed by atoms with Gasteiger partial charge in [0, 0.05) is 25.0 Å². The Labute approximate surface area is 156 Å². The molecule has 1 aliphatic heterocycles. The van der Waals surface area contributed by atoms with Gasteiger partial charge in [-0.25, -0.2) is 0 Å². The van der Waals surface area contributed by atoms with E-state index in [2.05, 4.69) is 29.1 Å². The van der Waals surface area contributed by atoms with Crippen LogP contribution in [0.3, 0.4) is 0 Å². The predicted molar refractivity (Wildman–Crippen MR) is 104 cm³/mol. The van der Waals surface area contributed by atoms with E-state index < -0.39 is 0 Å². The van der Waals surface area contributed by atoms with Gasteiger partial charge in [-0.15, -0.1) is 12.4 Å². The van der Waals surface area contributed by atoms with Crippen LogP contribution in [0, 0.1) is 5.92 Å². The van der Waals surface area contributed by atoms with Crippen molar-refractivity contribution in [2.75, 3.05) is 13.1 Å². The summed E-state index contributed by atoms with van der Waals surface area (Å²) in [5, 5.41) is 5.36. The van der Waals surface area contributed by atoms with Gasteiger partial charge in [-0.2, -0.15) is 5.10 Å². The number of fused-ring (bicyclic) bond motifs is 1. The largest absolute Gasteiger partial charge is 0.339 e. The first-order valence-electron chi connectivity index (χ1n) is 9.00. The average Bonchev–Trinajstić information content (AvgIpc) is 2.94. The monoisotopic (exact) mass is 364 g/mol. The average molecular weight is 365 g/mol. The summed E-state index contributed by atoms with van der Waals surface area (Å²) < 4.78 is 1.86. The van der Waals surface area contributed by atoms with Crippen LogP contribution in [0.25, 0.3) is 10.9 Å². The standard InChI is InChI=1S/C19H28N4O.ClH/c1-14-5-4-10-23(17(14)6-3-9-20)19(24)12-15-7-8-18-16(11-15)13-21-22(18)2;/h7-8,11,13-14,17H,3-6,9-10,12,20H2,1-2H3;1H. The Hall–Kier alpha value is -1.59. The lowest BCUT2D eigenvalue weighted by atomic mass is 9.87. The fraction of sp³-hybridized carbons (Fsp3) is 0.579. The molecule has 2 N–H and O–H groups in total. The smallest absolute Gasteiger partial charge is 0.227 e. The third-order valence-corrected chi connectivity index (χ3v) is 5.31. The van der Waals surface area contributed by atoms with E-state index in [1.54, 1.807) is 0 Å². The molecule has 0 radical (unpaired) electrons. The Bertz CT molecular complexity index is 715. The summed E-state index contributed by atoms with van der Waals surface area (Å²) >= 11 is 0. The summed E-state index contributed by atoms with van der Waals surface area (Å²) in [6.07, 6.45) is 6.65. The van der Waals surface area contributed by atoms with Gasteiger partial charge in [-0.3, -0.25) is 9.48 Å². The molecule has 1 saturated heterocycles. The maximum Gasteiger partial charge on any atom is 0.227 e. The number of hydrogen-bond donors (Lipinski definition) is 1. The van der Waals surface area contributed by atoms with Crippen LogP contribution >= 0.6 is 12.4 Å². The van der Waals surface area contributed by atoms with Crippen molar-refractivity contribution in [2.24, 2.45) is 18.7 Å². The number of carbonyl (C=O) groups excluding carboxylic acids is 1. The summed E-state index contributed by atoms with van der Waals surface area (Å²) in [7, 11) is 1.93. The summed E-state index contributed by atoms with van der Waals surface area (Å²) in [5.41, 5.74) is 7.84. The molecule has 2 atom stereocenters. The van der Waals surface area contributed by atoms with E-state index in [4.69, 9.17) is 5.73 Å². The normalized spacial score (nSPS) is 20.5. The van der Waals surface area contributed by atoms with Crippen molar-refractivity contribution in [2.45, 2.75) is 45.1 Å². The minimum Gasteiger partial charge on any atom is -0.339 e. The Morgan fingerprint density at radius 1 is 1.40 bits per heavy atom. The first-order valence-corrected chi connectivity index (χ1v) is 9.00. The highest BCUT2D eigenvalue weighted by atomic mass is 35.5. The van der Waals surface area contributed by atoms with E-state index in [0.717, 1.165) is 42.3 Å². The van der Waals surface area contributed by atoms with Crippen LogP contribution in [0.1, 0.15) is 38.2 Å². The molecule has 6 heteroatoms. The van der Waals surface area contributed by atoms with Gasteiger partial charge >= 0.3 is 0 Å². The van der Waals surface area contributed by atoms with E-state index in [1.165, 1.54) is 6.42 Å². The second kappa shape index (κ2) is 8.68. The molecule has 25 heavy (non-hydrogen) atoms. The SMILES string of the molecule is CC1CCCN(C(=O)Cc2ccc3c(cnn3C)c2)C1CCCN.Cl. The van der Waals surface area contributed by atoms with Crippen molar-refractivity contribution < 1.29 is 4.79 Å². The van der Waals surface area contributed by atoms with Crippen molar-refractivity contribution in [3.8, 4) is 0 Å². The van der Waals surface area contributed by atoms with E-state index >= 15 is 0 Å². The topological polar surface area (TPSA) is 64.2 Å². The highest BCUT2D eigenvalue weighted by molar-refractivity contribution is 5.85. The molecule has 0 saturated carbocycles. The molecule has 0 spiro atoms. The number of hydrogen-bond acceptors (Lipinski definition) is 3. The highest BCUT2D eigenvalue weighted by Gasteiger charge is 2.31. The fourth-order valence-corrected chi connectivity index (χ4v) is 3.93. The third kappa shape index (κ3) is 4.33. The van der Waals surface area contributed by atoms with Crippen LogP contribution in [0.4, 0.5) is 0 Å². The summed E-state index contributed by atoms with van der Waals surface area (Å²) in [4.78, 5) is 15.0. The van der Waals surface area contributed by atoms with Gasteiger partial charge < -0.3 is 10.6 Å². The van der Waals surface area contributed by atoms with Crippen LogP contribution < -0.4 is 5.73 Å². The van der Waals surface area contributed by atoms with Gasteiger partial charge in [0.15, 0.2) is 0 Å². The molecule has 1 aromatic carbocycles. The zero-order valence-electron chi connectivity index (χ0n) is 15.1. The molecule has 1 amide bonds. The van der Waals surface area contributed by atoms with Crippen LogP contribution in [0.5, 0.6) is 0 Å². The van der Waals surface area contributed by atoms with Gasteiger partial charge in [-0.1, -0.05) is 13.0 Å². The van der Waals surface area contributed by atoms with E-state index in [1.807, 2.05) is 24.0 Å². The highest BCUT2D eigenvalue weighted by Crippen LogP contribution is 2.27. The molecule has 1 aliphatic rings. The summed E-state index contributed by atoms with van der Waals surface area (Å²) in [6, 6.07) is 6.53. The van der Waals surface area contributed by atoms with Crippen LogP contribution in [-0.2, 0) is 18.3 Å². The van der Waals surface area contributed by atoms with Crippen molar-refractivity contribution in [1.82, 2.24) is 14.7 Å². The molecule has 0 aliphatic carbocycles. The maximum absolute atomic E-state index is 12.9. The number of benzene rings is 1. The second-order valence-electron chi connectivity index (χ2n) is 7.04. The van der Waals surface area contributed by atoms with E-state index in [9.17, 15) is 4.79 Å². The summed E-state index contributed by atoms with van der Waals surface area (Å²) in [5.74, 6) is 0.807. The van der Waals surface area contributed by atoms with Gasteiger partial charge in [0.25, 0.3) is 0 Å². The van der Waals surface area contributed by atoms with E-state index in [-0.39, 0.29) is 18.3 Å². The number of aromatic nitrogens is 2. The van der Waals surface area contributed by atoms with Crippen LogP contribution in [0.15, 0.2) is 24.4 Å². The summed E-state index contributed by atoms with van der Waals surface area (Å²) in [6.45, 7) is 3.85. The lowest BCUT2D eigenvalue weighted by Gasteiger charge is -2.40. The molecule has 0 bridgehead atoms. The Balaban J connectivity index is 0.00000225. The first kappa shape index (κ1) is 19.7. The Morgan fingerprint density at radius 2 is 2.20 bits per heavy atom. The Kier molecular flexibility index (Phi) is 6.85. The van der Waals surface area contributed by atoms with Crippen molar-refractivity contribution in [3.05, 3.63) is 30.0 Å². The molecular formula is C19H29ClN4O. The van der Waals surface area contributed by atoms with Crippen molar-refractivity contribution >= 4 is 29.2 Å². The minimum absolute atomic E-state index is 0. The maximum atomic E-state index is 12.9. The molecule has 2 aromatic rings. The minimum atomic E-state index is 0. The number of likely N-dealkylation sites (tertiary alicyclic amines) is 1. The lowest BCUT2D eigenvalue weighted by molar-refractivity contribution is -0.135. The van der Waals surface area contributed by atoms with E-state index in [0.29, 0.717) is 24.9 Å². The van der Waals surface area contributed by atoms with Gasteiger partial charge in [0.1, 0.15) is 0 Å². The van der Waals surface area contributed by atoms with Crippen molar-refractivity contribution in [1.29, 1.82) is 0 Å². The van der Waals surface area contributed by atoms with Crippen LogP contribution in [0.2, 0.25) is 0 Å². The van der Waals surface area contributed by atoms with Gasteiger partial charge in [-0.05, 0) is 55.8 Å². The molecule has 1 fully saturated rings. The number of carbonyl (C=O) groups is 1. The fourth-order valence-electron chi connectivity index (χ4n) is 3.93. The number of aryl methyl sites for hydroxylation is 1. The number of nitrogens with two attached hydrogens (primary N) is 1.